The first-order valence-corrected chi connectivity index (χ1v) is 6.85. The van der Waals surface area contributed by atoms with Gasteiger partial charge in [0.05, 0.1) is 17.3 Å². The van der Waals surface area contributed by atoms with Gasteiger partial charge in [-0.1, -0.05) is 0 Å². The predicted octanol–water partition coefficient (Wildman–Crippen LogP) is 2.92. The molecule has 0 bridgehead atoms. The van der Waals surface area contributed by atoms with E-state index in [9.17, 15) is 4.79 Å². The molecule has 5 nitrogen and oxygen atoms in total. The Labute approximate surface area is 130 Å². The molecule has 0 unspecified atom stereocenters. The molecule has 0 saturated carbocycles. The minimum Gasteiger partial charge on any atom is -0.484 e. The summed E-state index contributed by atoms with van der Waals surface area (Å²) in [5.74, 6) is 0.241. The summed E-state index contributed by atoms with van der Waals surface area (Å²) in [5.41, 5.74) is 7.39. The maximum absolute atomic E-state index is 11.8. The molecule has 0 spiro atoms. The zero-order valence-electron chi connectivity index (χ0n) is 11.0. The lowest BCUT2D eigenvalue weighted by molar-refractivity contribution is -0.118. The highest BCUT2D eigenvalue weighted by Crippen LogP contribution is 2.24. The third-order valence-corrected chi connectivity index (χ3v) is 3.28. The van der Waals surface area contributed by atoms with Gasteiger partial charge in [-0.05, 0) is 58.4 Å². The fraction of sp³-hybridized carbons (Fsp3) is 0.0667. The molecule has 0 aliphatic carbocycles. The number of hydrogen-bond donors (Lipinski definition) is 2. The van der Waals surface area contributed by atoms with Crippen molar-refractivity contribution in [1.82, 2.24) is 0 Å². The maximum Gasteiger partial charge on any atom is 0.262 e. The molecule has 0 heterocycles. The van der Waals surface area contributed by atoms with Gasteiger partial charge in [0, 0.05) is 10.2 Å². The van der Waals surface area contributed by atoms with E-state index in [0.29, 0.717) is 27.2 Å². The van der Waals surface area contributed by atoms with E-state index in [0.717, 1.165) is 0 Å². The number of anilines is 2. The van der Waals surface area contributed by atoms with Crippen LogP contribution in [0.5, 0.6) is 5.75 Å². The monoisotopic (exact) mass is 345 g/mol. The average molecular weight is 346 g/mol. The zero-order valence-corrected chi connectivity index (χ0v) is 12.6. The molecule has 2 aromatic rings. The number of nitrogens with one attached hydrogen (secondary N) is 1. The fourth-order valence-electron chi connectivity index (χ4n) is 1.59. The van der Waals surface area contributed by atoms with Crippen molar-refractivity contribution in [2.24, 2.45) is 0 Å². The first kappa shape index (κ1) is 14.9. The molecule has 1 amide bonds. The fourth-order valence-corrected chi connectivity index (χ4v) is 2.09. The maximum atomic E-state index is 11.8. The van der Waals surface area contributed by atoms with Crippen molar-refractivity contribution in [3.63, 3.8) is 0 Å². The van der Waals surface area contributed by atoms with Crippen molar-refractivity contribution in [3.8, 4) is 11.8 Å². The summed E-state index contributed by atoms with van der Waals surface area (Å²) in [4.78, 5) is 11.8. The van der Waals surface area contributed by atoms with Crippen LogP contribution in [0, 0.1) is 11.3 Å². The first-order chi connectivity index (χ1) is 10.1. The largest absolute Gasteiger partial charge is 0.484 e. The summed E-state index contributed by atoms with van der Waals surface area (Å²) in [6.45, 7) is -0.122. The molecule has 0 fully saturated rings. The number of nitrogens with two attached hydrogens (primary N) is 1. The lowest BCUT2D eigenvalue weighted by Crippen LogP contribution is -2.20. The van der Waals surface area contributed by atoms with Gasteiger partial charge in [-0.15, -0.1) is 0 Å². The van der Waals surface area contributed by atoms with Crippen LogP contribution in [0.3, 0.4) is 0 Å². The van der Waals surface area contributed by atoms with Crippen LogP contribution in [0.15, 0.2) is 46.9 Å². The minimum atomic E-state index is -0.287. The van der Waals surface area contributed by atoms with E-state index in [1.54, 1.807) is 42.5 Å². The van der Waals surface area contributed by atoms with E-state index in [1.165, 1.54) is 0 Å². The highest BCUT2D eigenvalue weighted by atomic mass is 79.9. The van der Waals surface area contributed by atoms with Crippen LogP contribution in [0.25, 0.3) is 0 Å². The van der Waals surface area contributed by atoms with Gasteiger partial charge >= 0.3 is 0 Å². The first-order valence-electron chi connectivity index (χ1n) is 6.06. The van der Waals surface area contributed by atoms with Crippen molar-refractivity contribution >= 4 is 33.2 Å². The van der Waals surface area contributed by atoms with Gasteiger partial charge in [-0.3, -0.25) is 4.79 Å². The van der Waals surface area contributed by atoms with Crippen LogP contribution in [0.4, 0.5) is 11.4 Å². The molecule has 0 radical (unpaired) electrons. The topological polar surface area (TPSA) is 88.1 Å². The van der Waals surface area contributed by atoms with Gasteiger partial charge in [-0.25, -0.2) is 0 Å². The number of ether oxygens (including phenoxy) is 1. The van der Waals surface area contributed by atoms with Crippen molar-refractivity contribution in [2.75, 3.05) is 17.7 Å². The molecule has 3 N–H and O–H groups in total. The SMILES string of the molecule is N#Cc1ccc(OCC(=O)Nc2ccc(N)cc2Br)cc1. The van der Waals surface area contributed by atoms with Crippen LogP contribution in [-0.2, 0) is 4.79 Å². The van der Waals surface area contributed by atoms with Gasteiger partial charge in [0.1, 0.15) is 5.75 Å². The molecular formula is C15H12BrN3O2. The Balaban J connectivity index is 1.91. The van der Waals surface area contributed by atoms with Crippen molar-refractivity contribution in [3.05, 3.63) is 52.5 Å². The van der Waals surface area contributed by atoms with Gasteiger partial charge in [0.25, 0.3) is 5.91 Å². The van der Waals surface area contributed by atoms with Crippen LogP contribution < -0.4 is 15.8 Å². The molecule has 0 atom stereocenters. The lowest BCUT2D eigenvalue weighted by Gasteiger charge is -2.09. The number of benzene rings is 2. The summed E-state index contributed by atoms with van der Waals surface area (Å²) < 4.78 is 6.04. The average Bonchev–Trinajstić information content (AvgIpc) is 2.48. The Morgan fingerprint density at radius 2 is 2.00 bits per heavy atom. The zero-order chi connectivity index (χ0) is 15.2. The Bertz CT molecular complexity index is 693. The molecule has 2 rings (SSSR count). The quantitative estimate of drug-likeness (QED) is 0.833. The van der Waals surface area contributed by atoms with Crippen molar-refractivity contribution in [2.45, 2.75) is 0 Å². The molecule has 106 valence electrons. The van der Waals surface area contributed by atoms with Crippen LogP contribution >= 0.6 is 15.9 Å². The van der Waals surface area contributed by atoms with Gasteiger partial charge < -0.3 is 15.8 Å². The normalized spacial score (nSPS) is 9.71. The number of nitrogen functional groups attached to an aromatic ring is 1. The molecule has 0 aromatic heterocycles. The number of amides is 1. The number of carbonyl (C=O) groups excluding carboxylic acids is 1. The van der Waals surface area contributed by atoms with Crippen LogP contribution in [-0.4, -0.2) is 12.5 Å². The second-order valence-corrected chi connectivity index (χ2v) is 5.07. The predicted molar refractivity (Wildman–Crippen MR) is 83.8 cm³/mol. The highest BCUT2D eigenvalue weighted by molar-refractivity contribution is 9.10. The molecule has 2 aromatic carbocycles. The van der Waals surface area contributed by atoms with Crippen molar-refractivity contribution in [1.29, 1.82) is 5.26 Å². The van der Waals surface area contributed by atoms with Crippen molar-refractivity contribution < 1.29 is 9.53 Å². The molecule has 0 aliphatic rings. The second-order valence-electron chi connectivity index (χ2n) is 4.21. The standard InChI is InChI=1S/C15H12BrN3O2/c16-13-7-11(18)3-6-14(13)19-15(20)9-21-12-4-1-10(8-17)2-5-12/h1-7H,9,18H2,(H,19,20). The Morgan fingerprint density at radius 3 is 2.62 bits per heavy atom. The summed E-state index contributed by atoms with van der Waals surface area (Å²) >= 11 is 3.32. The summed E-state index contributed by atoms with van der Waals surface area (Å²) in [6.07, 6.45) is 0. The highest BCUT2D eigenvalue weighted by Gasteiger charge is 2.07. The molecule has 0 saturated heterocycles. The van der Waals surface area contributed by atoms with E-state index < -0.39 is 0 Å². The summed E-state index contributed by atoms with van der Waals surface area (Å²) in [6, 6.07) is 13.7. The van der Waals surface area contributed by atoms with E-state index >= 15 is 0 Å². The Morgan fingerprint density at radius 1 is 1.29 bits per heavy atom. The Kier molecular flexibility index (Phi) is 4.80. The van der Waals surface area contributed by atoms with Gasteiger partial charge in [0.15, 0.2) is 6.61 Å². The Hall–Kier alpha value is -2.52. The molecular weight excluding hydrogens is 334 g/mol. The molecule has 0 aliphatic heterocycles. The van der Waals surface area contributed by atoms with Crippen LogP contribution in [0.2, 0.25) is 0 Å². The third-order valence-electron chi connectivity index (χ3n) is 2.62. The van der Waals surface area contributed by atoms with E-state index in [2.05, 4.69) is 21.2 Å². The third kappa shape index (κ3) is 4.23. The number of hydrogen-bond acceptors (Lipinski definition) is 4. The van der Waals surface area contributed by atoms with Gasteiger partial charge in [0.2, 0.25) is 0 Å². The van der Waals surface area contributed by atoms with Crippen LogP contribution in [0.1, 0.15) is 5.56 Å². The second kappa shape index (κ2) is 6.77. The number of rotatable bonds is 4. The van der Waals surface area contributed by atoms with E-state index in [1.807, 2.05) is 6.07 Å². The van der Waals surface area contributed by atoms with Gasteiger partial charge in [-0.2, -0.15) is 5.26 Å². The minimum absolute atomic E-state index is 0.122. The summed E-state index contributed by atoms with van der Waals surface area (Å²) in [5, 5.41) is 11.4. The lowest BCUT2D eigenvalue weighted by atomic mass is 10.2. The number of nitrogens with zero attached hydrogens (tertiary/aromatic N) is 1. The molecule has 6 heteroatoms. The number of nitriles is 1. The van der Waals surface area contributed by atoms with E-state index in [4.69, 9.17) is 15.7 Å². The number of carbonyl (C=O) groups is 1. The molecule has 21 heavy (non-hydrogen) atoms. The number of halogens is 1. The summed E-state index contributed by atoms with van der Waals surface area (Å²) in [7, 11) is 0. The smallest absolute Gasteiger partial charge is 0.262 e. The van der Waals surface area contributed by atoms with E-state index in [-0.39, 0.29) is 12.5 Å².